The van der Waals surface area contributed by atoms with Gasteiger partial charge in [-0.15, -0.1) is 0 Å². The topological polar surface area (TPSA) is 83.7 Å². The molecule has 0 aliphatic rings. The fourth-order valence-electron chi connectivity index (χ4n) is 1.81. The zero-order chi connectivity index (χ0) is 14.3. The van der Waals surface area contributed by atoms with Crippen LogP contribution >= 0.6 is 0 Å². The highest BCUT2D eigenvalue weighted by Crippen LogP contribution is 2.23. The van der Waals surface area contributed by atoms with E-state index in [1.165, 1.54) is 12.1 Å². The van der Waals surface area contributed by atoms with Crippen molar-refractivity contribution in [1.82, 2.24) is 0 Å². The summed E-state index contributed by atoms with van der Waals surface area (Å²) >= 11 is 0. The number of aliphatic hydroxyl groups excluding tert-OH is 1. The van der Waals surface area contributed by atoms with E-state index in [9.17, 15) is 14.9 Å². The maximum Gasteiger partial charge on any atom is 0.280 e. The van der Waals surface area contributed by atoms with E-state index in [0.29, 0.717) is 6.29 Å². The van der Waals surface area contributed by atoms with Crippen LogP contribution in [-0.2, 0) is 0 Å². The summed E-state index contributed by atoms with van der Waals surface area (Å²) in [5, 5.41) is 19.4. The summed E-state index contributed by atoms with van der Waals surface area (Å²) in [7, 11) is 1.87. The summed E-state index contributed by atoms with van der Waals surface area (Å²) in [4.78, 5) is 22.9. The first kappa shape index (κ1) is 15.1. The molecule has 104 valence electrons. The Morgan fingerprint density at radius 3 is 2.68 bits per heavy atom. The molecular weight excluding hydrogens is 248 g/mol. The molecule has 0 bridgehead atoms. The van der Waals surface area contributed by atoms with Crippen molar-refractivity contribution in [2.24, 2.45) is 0 Å². The predicted molar refractivity (Wildman–Crippen MR) is 72.7 cm³/mol. The van der Waals surface area contributed by atoms with E-state index in [4.69, 9.17) is 5.11 Å². The smallest absolute Gasteiger partial charge is 0.280 e. The Balaban J connectivity index is 2.73. The number of aliphatic hydroxyl groups is 1. The minimum Gasteiger partial charge on any atom is -0.396 e. The molecule has 0 fully saturated rings. The molecular formula is C13H18N2O4. The van der Waals surface area contributed by atoms with Crippen LogP contribution in [0.1, 0.15) is 29.6 Å². The molecule has 1 rings (SSSR count). The van der Waals surface area contributed by atoms with Crippen LogP contribution < -0.4 is 4.90 Å². The molecule has 0 saturated heterocycles. The van der Waals surface area contributed by atoms with Crippen LogP contribution in [0.5, 0.6) is 0 Å². The van der Waals surface area contributed by atoms with Gasteiger partial charge >= 0.3 is 0 Å². The number of hydrogen-bond acceptors (Lipinski definition) is 5. The maximum atomic E-state index is 10.9. The summed E-state index contributed by atoms with van der Waals surface area (Å²) in [5.41, 5.74) is 0.689. The van der Waals surface area contributed by atoms with E-state index in [1.54, 1.807) is 6.07 Å². The van der Waals surface area contributed by atoms with Gasteiger partial charge in [-0.05, 0) is 31.4 Å². The lowest BCUT2D eigenvalue weighted by atomic mass is 10.1. The van der Waals surface area contributed by atoms with Gasteiger partial charge in [0.05, 0.1) is 10.5 Å². The molecule has 6 heteroatoms. The standard InChI is InChI=1S/C13H18N2O4/c1-14(7-3-2-4-8-16)12-5-6-13(15(18)19)11(9-12)10-17/h5-6,9-10,16H,2-4,7-8H2,1H3. The van der Waals surface area contributed by atoms with Gasteiger partial charge in [0.15, 0.2) is 6.29 Å². The average molecular weight is 266 g/mol. The highest BCUT2D eigenvalue weighted by molar-refractivity contribution is 5.83. The Morgan fingerprint density at radius 1 is 1.37 bits per heavy atom. The van der Waals surface area contributed by atoms with Crippen LogP contribution in [0, 0.1) is 10.1 Å². The van der Waals surface area contributed by atoms with Gasteiger partial charge in [-0.1, -0.05) is 0 Å². The number of nitro benzene ring substituents is 1. The molecule has 0 amide bonds. The molecule has 1 N–H and O–H groups in total. The van der Waals surface area contributed by atoms with Crippen LogP contribution in [0.4, 0.5) is 11.4 Å². The van der Waals surface area contributed by atoms with Gasteiger partial charge in [-0.25, -0.2) is 0 Å². The molecule has 0 aliphatic heterocycles. The quantitative estimate of drug-likeness (QED) is 0.337. The molecule has 1 aromatic rings. The lowest BCUT2D eigenvalue weighted by Crippen LogP contribution is -2.18. The van der Waals surface area contributed by atoms with Crippen LogP contribution in [0.2, 0.25) is 0 Å². The minimum atomic E-state index is -0.561. The third-order valence-corrected chi connectivity index (χ3v) is 2.93. The van der Waals surface area contributed by atoms with Crippen LogP contribution in [0.25, 0.3) is 0 Å². The van der Waals surface area contributed by atoms with Gasteiger partial charge < -0.3 is 10.0 Å². The molecule has 0 radical (unpaired) electrons. The molecule has 0 heterocycles. The summed E-state index contributed by atoms with van der Waals surface area (Å²) < 4.78 is 0. The molecule has 0 atom stereocenters. The van der Waals surface area contributed by atoms with Gasteiger partial charge in [-0.2, -0.15) is 0 Å². The number of nitrogens with zero attached hydrogens (tertiary/aromatic N) is 2. The monoisotopic (exact) mass is 266 g/mol. The van der Waals surface area contributed by atoms with E-state index >= 15 is 0 Å². The zero-order valence-electron chi connectivity index (χ0n) is 10.9. The van der Waals surface area contributed by atoms with E-state index in [0.717, 1.165) is 31.5 Å². The Hall–Kier alpha value is -1.95. The zero-order valence-corrected chi connectivity index (χ0v) is 10.9. The van der Waals surface area contributed by atoms with Crippen molar-refractivity contribution < 1.29 is 14.8 Å². The second-order valence-corrected chi connectivity index (χ2v) is 4.32. The van der Waals surface area contributed by atoms with Crippen LogP contribution in [0.15, 0.2) is 18.2 Å². The van der Waals surface area contributed by atoms with Gasteiger partial charge in [0.25, 0.3) is 5.69 Å². The normalized spacial score (nSPS) is 10.2. The number of rotatable bonds is 8. The summed E-state index contributed by atoms with van der Waals surface area (Å²) in [6, 6.07) is 4.51. The first-order chi connectivity index (χ1) is 9.10. The molecule has 0 aliphatic carbocycles. The number of carbonyl (C=O) groups excluding carboxylic acids is 1. The van der Waals surface area contributed by atoms with Crippen molar-refractivity contribution >= 4 is 17.7 Å². The SMILES string of the molecule is CN(CCCCCO)c1ccc([N+](=O)[O-])c(C=O)c1. The van der Waals surface area contributed by atoms with E-state index in [1.807, 2.05) is 11.9 Å². The van der Waals surface area contributed by atoms with Gasteiger partial charge in [-0.3, -0.25) is 14.9 Å². The van der Waals surface area contributed by atoms with E-state index < -0.39 is 4.92 Å². The first-order valence-electron chi connectivity index (χ1n) is 6.15. The molecule has 0 saturated carbocycles. The average Bonchev–Trinajstić information content (AvgIpc) is 2.42. The summed E-state index contributed by atoms with van der Waals surface area (Å²) in [6.07, 6.45) is 3.12. The number of unbranched alkanes of at least 4 members (excludes halogenated alkanes) is 2. The van der Waals surface area contributed by atoms with Crippen molar-refractivity contribution in [2.45, 2.75) is 19.3 Å². The van der Waals surface area contributed by atoms with Crippen molar-refractivity contribution in [3.8, 4) is 0 Å². The molecule has 0 spiro atoms. The second kappa shape index (κ2) is 7.48. The number of aldehydes is 1. The fourth-order valence-corrected chi connectivity index (χ4v) is 1.81. The third kappa shape index (κ3) is 4.33. The summed E-state index contributed by atoms with van der Waals surface area (Å²) in [5.74, 6) is 0. The van der Waals surface area contributed by atoms with Gasteiger partial charge in [0.1, 0.15) is 0 Å². The second-order valence-electron chi connectivity index (χ2n) is 4.32. The largest absolute Gasteiger partial charge is 0.396 e. The lowest BCUT2D eigenvalue weighted by molar-refractivity contribution is -0.385. The van der Waals surface area contributed by atoms with E-state index in [-0.39, 0.29) is 17.9 Å². The Morgan fingerprint density at radius 2 is 2.11 bits per heavy atom. The highest BCUT2D eigenvalue weighted by Gasteiger charge is 2.14. The Kier molecular flexibility index (Phi) is 5.95. The number of hydrogen-bond donors (Lipinski definition) is 1. The van der Waals surface area contributed by atoms with Crippen LogP contribution in [0.3, 0.4) is 0 Å². The Bertz CT molecular complexity index is 448. The lowest BCUT2D eigenvalue weighted by Gasteiger charge is -2.19. The van der Waals surface area contributed by atoms with Crippen molar-refractivity contribution in [2.75, 3.05) is 25.1 Å². The number of benzene rings is 1. The first-order valence-corrected chi connectivity index (χ1v) is 6.15. The predicted octanol–water partition coefficient (Wildman–Crippen LogP) is 2.01. The maximum absolute atomic E-state index is 10.9. The van der Waals surface area contributed by atoms with Gasteiger partial charge in [0, 0.05) is 32.0 Å². The number of anilines is 1. The molecule has 0 aromatic heterocycles. The number of nitro groups is 1. The van der Waals surface area contributed by atoms with Crippen molar-refractivity contribution in [1.29, 1.82) is 0 Å². The minimum absolute atomic E-state index is 0.0877. The highest BCUT2D eigenvalue weighted by atomic mass is 16.6. The molecule has 1 aromatic carbocycles. The van der Waals surface area contributed by atoms with E-state index in [2.05, 4.69) is 0 Å². The molecule has 6 nitrogen and oxygen atoms in total. The number of carbonyl (C=O) groups is 1. The van der Waals surface area contributed by atoms with Crippen LogP contribution in [-0.4, -0.2) is 36.5 Å². The third-order valence-electron chi connectivity index (χ3n) is 2.93. The van der Waals surface area contributed by atoms with Crippen molar-refractivity contribution in [3.63, 3.8) is 0 Å². The summed E-state index contributed by atoms with van der Waals surface area (Å²) in [6.45, 7) is 0.965. The fraction of sp³-hybridized carbons (Fsp3) is 0.462. The van der Waals surface area contributed by atoms with Gasteiger partial charge in [0.2, 0.25) is 0 Å². The molecule has 0 unspecified atom stereocenters. The molecule has 19 heavy (non-hydrogen) atoms. The Labute approximate surface area is 111 Å². The van der Waals surface area contributed by atoms with Crippen molar-refractivity contribution in [3.05, 3.63) is 33.9 Å².